The Morgan fingerprint density at radius 3 is 0.966 bits per heavy atom. The summed E-state index contributed by atoms with van der Waals surface area (Å²) in [5.74, 6) is -1.60. The molecule has 0 spiro atoms. The Labute approximate surface area is 175 Å². The summed E-state index contributed by atoms with van der Waals surface area (Å²) >= 11 is 0. The molecule has 0 rings (SSSR count). The summed E-state index contributed by atoms with van der Waals surface area (Å²) in [5, 5.41) is 33.5. The van der Waals surface area contributed by atoms with Crippen molar-refractivity contribution in [2.75, 3.05) is 52.9 Å². The number of aliphatic hydroxyl groups is 2. The van der Waals surface area contributed by atoms with Gasteiger partial charge in [0.2, 0.25) is 0 Å². The number of aliphatic hydroxyl groups excluding tert-OH is 2. The van der Waals surface area contributed by atoms with Gasteiger partial charge in [0.25, 0.3) is 0 Å². The van der Waals surface area contributed by atoms with E-state index in [9.17, 15) is 9.59 Å². The van der Waals surface area contributed by atoms with E-state index in [0.29, 0.717) is 39.6 Å². The number of carboxylic acid groups (broad SMARTS) is 2. The van der Waals surface area contributed by atoms with Crippen LogP contribution in [0.1, 0.15) is 53.4 Å². The lowest BCUT2D eigenvalue weighted by Gasteiger charge is -2.04. The zero-order valence-electron chi connectivity index (χ0n) is 18.5. The summed E-state index contributed by atoms with van der Waals surface area (Å²) in [6, 6.07) is 0. The van der Waals surface area contributed by atoms with Gasteiger partial charge in [-0.25, -0.2) is 0 Å². The van der Waals surface area contributed by atoms with Crippen LogP contribution in [0, 0.1) is 11.8 Å². The van der Waals surface area contributed by atoms with E-state index in [1.807, 2.05) is 27.7 Å². The van der Waals surface area contributed by atoms with Crippen LogP contribution < -0.4 is 0 Å². The van der Waals surface area contributed by atoms with Crippen LogP contribution in [0.15, 0.2) is 0 Å². The standard InChI is InChI=1S/C8H18O5.2C6H12O2/c9-1-3-11-5-7-13-8-6-12-4-2-10;2*1-3-5(4-2)6(7)8/h9-10H,1-8H2;2*5H,3-4H2,1-2H3,(H,7,8). The van der Waals surface area contributed by atoms with Crippen LogP contribution in [-0.2, 0) is 23.8 Å². The highest BCUT2D eigenvalue weighted by molar-refractivity contribution is 5.70. The molecule has 0 aliphatic heterocycles. The Kier molecular flexibility index (Phi) is 29.9. The highest BCUT2D eigenvalue weighted by atomic mass is 16.5. The molecule has 4 N–H and O–H groups in total. The number of aliphatic carboxylic acids is 2. The zero-order valence-corrected chi connectivity index (χ0v) is 18.5. The maximum absolute atomic E-state index is 10.2. The number of carbonyl (C=O) groups is 2. The minimum Gasteiger partial charge on any atom is -0.481 e. The van der Waals surface area contributed by atoms with Crippen LogP contribution in [0.3, 0.4) is 0 Å². The highest BCUT2D eigenvalue weighted by Gasteiger charge is 2.10. The molecule has 9 heteroatoms. The van der Waals surface area contributed by atoms with E-state index in [4.69, 9.17) is 34.6 Å². The van der Waals surface area contributed by atoms with E-state index >= 15 is 0 Å². The molecule has 0 unspecified atom stereocenters. The first-order chi connectivity index (χ1) is 13.9. The molecule has 0 fully saturated rings. The highest BCUT2D eigenvalue weighted by Crippen LogP contribution is 2.06. The van der Waals surface area contributed by atoms with Crippen LogP contribution in [0.2, 0.25) is 0 Å². The summed E-state index contributed by atoms with van der Waals surface area (Å²) in [6.45, 7) is 10.3. The van der Waals surface area contributed by atoms with E-state index in [0.717, 1.165) is 25.7 Å². The molecule has 9 nitrogen and oxygen atoms in total. The van der Waals surface area contributed by atoms with Crippen molar-refractivity contribution in [1.82, 2.24) is 0 Å². The van der Waals surface area contributed by atoms with Gasteiger partial charge in [0.1, 0.15) is 0 Å². The first-order valence-electron chi connectivity index (χ1n) is 10.3. The summed E-state index contributed by atoms with van der Waals surface area (Å²) < 4.78 is 15.0. The van der Waals surface area contributed by atoms with Crippen LogP contribution in [-0.4, -0.2) is 85.2 Å². The van der Waals surface area contributed by atoms with Crippen molar-refractivity contribution in [2.24, 2.45) is 11.8 Å². The van der Waals surface area contributed by atoms with Crippen LogP contribution in [0.4, 0.5) is 0 Å². The molecule has 0 aliphatic carbocycles. The fraction of sp³-hybridized carbons (Fsp3) is 0.900. The van der Waals surface area contributed by atoms with Gasteiger partial charge < -0.3 is 34.6 Å². The fourth-order valence-electron chi connectivity index (χ4n) is 1.95. The Hall–Kier alpha value is -1.26. The first-order valence-corrected chi connectivity index (χ1v) is 10.3. The third-order valence-electron chi connectivity index (χ3n) is 3.88. The topological polar surface area (TPSA) is 143 Å². The molecule has 0 aromatic rings. The lowest BCUT2D eigenvalue weighted by atomic mass is 10.1. The van der Waals surface area contributed by atoms with Gasteiger partial charge in [0, 0.05) is 0 Å². The lowest BCUT2D eigenvalue weighted by molar-refractivity contribution is -0.142. The van der Waals surface area contributed by atoms with Gasteiger partial charge in [-0.05, 0) is 25.7 Å². The van der Waals surface area contributed by atoms with Crippen molar-refractivity contribution in [2.45, 2.75) is 53.4 Å². The van der Waals surface area contributed by atoms with Crippen LogP contribution in [0.5, 0.6) is 0 Å². The third-order valence-corrected chi connectivity index (χ3v) is 3.88. The molecule has 29 heavy (non-hydrogen) atoms. The molecule has 0 atom stereocenters. The molecule has 0 bridgehead atoms. The number of rotatable bonds is 16. The zero-order chi connectivity index (χ0) is 22.9. The molecule has 0 saturated carbocycles. The lowest BCUT2D eigenvalue weighted by Crippen LogP contribution is -2.11. The number of hydrogen-bond donors (Lipinski definition) is 4. The molecule has 0 saturated heterocycles. The normalized spacial score (nSPS) is 10.2. The van der Waals surface area contributed by atoms with Crippen LogP contribution >= 0.6 is 0 Å². The largest absolute Gasteiger partial charge is 0.481 e. The quantitative estimate of drug-likeness (QED) is 0.273. The summed E-state index contributed by atoms with van der Waals surface area (Å²) in [4.78, 5) is 20.3. The molecular formula is C20H42O9. The van der Waals surface area contributed by atoms with Crippen molar-refractivity contribution in [3.63, 3.8) is 0 Å². The summed E-state index contributed by atoms with van der Waals surface area (Å²) in [5.41, 5.74) is 0. The Morgan fingerprint density at radius 2 is 0.828 bits per heavy atom. The Morgan fingerprint density at radius 1 is 0.586 bits per heavy atom. The molecule has 0 amide bonds. The summed E-state index contributed by atoms with van der Waals surface area (Å²) in [7, 11) is 0. The van der Waals surface area contributed by atoms with E-state index < -0.39 is 11.9 Å². The van der Waals surface area contributed by atoms with Gasteiger partial charge in [0.05, 0.1) is 64.7 Å². The minimum absolute atomic E-state index is 0.0413. The van der Waals surface area contributed by atoms with Crippen molar-refractivity contribution in [1.29, 1.82) is 0 Å². The third kappa shape index (κ3) is 26.7. The number of ether oxygens (including phenoxy) is 3. The molecule has 0 radical (unpaired) electrons. The predicted molar refractivity (Wildman–Crippen MR) is 110 cm³/mol. The number of hydrogen-bond acceptors (Lipinski definition) is 7. The second-order valence-corrected chi connectivity index (χ2v) is 5.99. The van der Waals surface area contributed by atoms with Gasteiger partial charge in [0.15, 0.2) is 0 Å². The molecule has 0 aliphatic rings. The van der Waals surface area contributed by atoms with Crippen molar-refractivity contribution < 1.29 is 44.2 Å². The maximum atomic E-state index is 10.2. The number of carboxylic acids is 2. The second-order valence-electron chi connectivity index (χ2n) is 5.99. The molecule has 176 valence electrons. The predicted octanol–water partition coefficient (Wildman–Crippen LogP) is 2.04. The fourth-order valence-corrected chi connectivity index (χ4v) is 1.95. The minimum atomic E-state index is -0.671. The first kappa shape index (κ1) is 32.4. The Balaban J connectivity index is -0.000000368. The SMILES string of the molecule is CCC(CC)C(=O)O.CCC(CC)C(=O)O.OCCOCCOCCOCCO. The van der Waals surface area contributed by atoms with Gasteiger partial charge in [-0.15, -0.1) is 0 Å². The van der Waals surface area contributed by atoms with E-state index in [1.165, 1.54) is 0 Å². The van der Waals surface area contributed by atoms with Gasteiger partial charge in [-0.2, -0.15) is 0 Å². The monoisotopic (exact) mass is 426 g/mol. The average molecular weight is 427 g/mol. The van der Waals surface area contributed by atoms with E-state index in [2.05, 4.69) is 0 Å². The van der Waals surface area contributed by atoms with Gasteiger partial charge in [-0.1, -0.05) is 27.7 Å². The smallest absolute Gasteiger partial charge is 0.306 e. The molecule has 0 aromatic heterocycles. The van der Waals surface area contributed by atoms with Crippen molar-refractivity contribution in [3.05, 3.63) is 0 Å². The Bertz CT molecular complexity index is 311. The van der Waals surface area contributed by atoms with E-state index in [-0.39, 0.29) is 25.0 Å². The second kappa shape index (κ2) is 26.7. The molecule has 0 aromatic carbocycles. The van der Waals surface area contributed by atoms with E-state index in [1.54, 1.807) is 0 Å². The van der Waals surface area contributed by atoms with Gasteiger partial charge >= 0.3 is 11.9 Å². The van der Waals surface area contributed by atoms with Crippen molar-refractivity contribution in [3.8, 4) is 0 Å². The maximum Gasteiger partial charge on any atom is 0.306 e. The average Bonchev–Trinajstić information content (AvgIpc) is 2.69. The summed E-state index contributed by atoms with van der Waals surface area (Å²) in [6.07, 6.45) is 2.97. The van der Waals surface area contributed by atoms with Crippen LogP contribution in [0.25, 0.3) is 0 Å². The van der Waals surface area contributed by atoms with Gasteiger partial charge in [-0.3, -0.25) is 9.59 Å². The van der Waals surface area contributed by atoms with Crippen molar-refractivity contribution >= 4 is 11.9 Å². The molecule has 0 heterocycles. The molecular weight excluding hydrogens is 384 g/mol.